The van der Waals surface area contributed by atoms with Crippen molar-refractivity contribution in [3.63, 3.8) is 0 Å². The minimum Gasteiger partial charge on any atom is -0.494 e. The Kier molecular flexibility index (Phi) is 4.23. The summed E-state index contributed by atoms with van der Waals surface area (Å²) < 4.78 is 11.2. The van der Waals surface area contributed by atoms with E-state index in [1.165, 1.54) is 16.6 Å². The summed E-state index contributed by atoms with van der Waals surface area (Å²) in [6.07, 6.45) is 1.06. The Morgan fingerprint density at radius 1 is 1.25 bits per heavy atom. The Morgan fingerprint density at radius 3 is 2.95 bits per heavy atom. The van der Waals surface area contributed by atoms with Crippen LogP contribution in [-0.4, -0.2) is 49.3 Å². The van der Waals surface area contributed by atoms with Crippen LogP contribution in [0, 0.1) is 6.92 Å². The third-order valence-corrected chi connectivity index (χ3v) is 3.72. The Bertz CT molecular complexity index is 559. The molecule has 1 aromatic carbocycles. The van der Waals surface area contributed by atoms with Crippen molar-refractivity contribution < 1.29 is 9.47 Å². The van der Waals surface area contributed by atoms with Crippen molar-refractivity contribution >= 4 is 10.9 Å². The summed E-state index contributed by atoms with van der Waals surface area (Å²) in [5, 5.41) is 1.22. The number of aromatic amines is 1. The standard InChI is InChI=1S/C16H22N2O2/c1-13-11-14-12-15(3-4-16(14)17-13)20-8-2-5-18-6-9-19-10-7-18/h3-4,11-12,17H,2,5-10H2,1H3. The minimum atomic E-state index is 0.770. The molecule has 1 aromatic heterocycles. The first-order valence-electron chi connectivity index (χ1n) is 7.33. The number of rotatable bonds is 5. The van der Waals surface area contributed by atoms with Crippen LogP contribution in [0.2, 0.25) is 0 Å². The monoisotopic (exact) mass is 274 g/mol. The molecule has 4 heteroatoms. The predicted octanol–water partition coefficient (Wildman–Crippen LogP) is 2.58. The van der Waals surface area contributed by atoms with E-state index in [0.29, 0.717) is 0 Å². The summed E-state index contributed by atoms with van der Waals surface area (Å²) in [5.41, 5.74) is 2.35. The van der Waals surface area contributed by atoms with Crippen LogP contribution >= 0.6 is 0 Å². The molecule has 1 N–H and O–H groups in total. The second-order valence-electron chi connectivity index (χ2n) is 5.36. The zero-order chi connectivity index (χ0) is 13.8. The molecule has 1 aliphatic heterocycles. The lowest BCUT2D eigenvalue weighted by Gasteiger charge is -2.26. The SMILES string of the molecule is Cc1cc2cc(OCCCN3CCOCC3)ccc2[nH]1. The maximum atomic E-state index is 5.84. The van der Waals surface area contributed by atoms with E-state index in [1.807, 2.05) is 6.07 Å². The Hall–Kier alpha value is -1.52. The number of morpholine rings is 1. The maximum Gasteiger partial charge on any atom is 0.120 e. The molecular formula is C16H22N2O2. The molecule has 0 saturated carbocycles. The van der Waals surface area contributed by atoms with Gasteiger partial charge in [-0.3, -0.25) is 4.90 Å². The number of aryl methyl sites for hydroxylation is 1. The van der Waals surface area contributed by atoms with Gasteiger partial charge in [-0.1, -0.05) is 0 Å². The third-order valence-electron chi connectivity index (χ3n) is 3.72. The van der Waals surface area contributed by atoms with Crippen LogP contribution in [0.25, 0.3) is 10.9 Å². The molecule has 1 fully saturated rings. The molecule has 0 unspecified atom stereocenters. The lowest BCUT2D eigenvalue weighted by Crippen LogP contribution is -2.37. The molecule has 2 aromatic rings. The zero-order valence-electron chi connectivity index (χ0n) is 12.0. The summed E-state index contributed by atoms with van der Waals surface area (Å²) in [5.74, 6) is 0.957. The third kappa shape index (κ3) is 3.32. The first kappa shape index (κ1) is 13.5. The molecule has 0 amide bonds. The van der Waals surface area contributed by atoms with Gasteiger partial charge in [0.2, 0.25) is 0 Å². The van der Waals surface area contributed by atoms with Gasteiger partial charge in [0, 0.05) is 36.2 Å². The highest BCUT2D eigenvalue weighted by atomic mass is 16.5. The van der Waals surface area contributed by atoms with Gasteiger partial charge in [-0.25, -0.2) is 0 Å². The van der Waals surface area contributed by atoms with Gasteiger partial charge in [-0.05, 0) is 37.6 Å². The molecule has 1 saturated heterocycles. The summed E-state index contributed by atoms with van der Waals surface area (Å²) >= 11 is 0. The van der Waals surface area contributed by atoms with Crippen molar-refractivity contribution in [3.05, 3.63) is 30.0 Å². The lowest BCUT2D eigenvalue weighted by molar-refractivity contribution is 0.0358. The van der Waals surface area contributed by atoms with Gasteiger partial charge >= 0.3 is 0 Å². The largest absolute Gasteiger partial charge is 0.494 e. The first-order valence-corrected chi connectivity index (χ1v) is 7.33. The number of hydrogen-bond donors (Lipinski definition) is 1. The molecule has 1 aliphatic rings. The van der Waals surface area contributed by atoms with E-state index < -0.39 is 0 Å². The first-order chi connectivity index (χ1) is 9.81. The number of ether oxygens (including phenoxy) is 2. The Labute approximate surface area is 119 Å². The molecule has 2 heterocycles. The van der Waals surface area contributed by atoms with E-state index in [9.17, 15) is 0 Å². The summed E-state index contributed by atoms with van der Waals surface area (Å²) in [6, 6.07) is 8.37. The molecule has 0 bridgehead atoms. The van der Waals surface area contributed by atoms with E-state index in [4.69, 9.17) is 9.47 Å². The van der Waals surface area contributed by atoms with Gasteiger partial charge in [0.15, 0.2) is 0 Å². The van der Waals surface area contributed by atoms with E-state index in [2.05, 4.69) is 35.0 Å². The molecular weight excluding hydrogens is 252 g/mol. The number of aromatic nitrogens is 1. The molecule has 0 spiro atoms. The van der Waals surface area contributed by atoms with Crippen molar-refractivity contribution in [2.24, 2.45) is 0 Å². The smallest absolute Gasteiger partial charge is 0.120 e. The van der Waals surface area contributed by atoms with E-state index in [-0.39, 0.29) is 0 Å². The highest BCUT2D eigenvalue weighted by Crippen LogP contribution is 2.21. The fraction of sp³-hybridized carbons (Fsp3) is 0.500. The van der Waals surface area contributed by atoms with Gasteiger partial charge in [0.1, 0.15) is 5.75 Å². The van der Waals surface area contributed by atoms with Crippen molar-refractivity contribution in [2.45, 2.75) is 13.3 Å². The summed E-state index contributed by atoms with van der Waals surface area (Å²) in [4.78, 5) is 5.76. The average molecular weight is 274 g/mol. The molecule has 3 rings (SSSR count). The zero-order valence-corrected chi connectivity index (χ0v) is 12.0. The predicted molar refractivity (Wildman–Crippen MR) is 80.4 cm³/mol. The molecule has 0 aliphatic carbocycles. The molecule has 0 radical (unpaired) electrons. The minimum absolute atomic E-state index is 0.770. The fourth-order valence-corrected chi connectivity index (χ4v) is 2.65. The summed E-state index contributed by atoms with van der Waals surface area (Å²) in [7, 11) is 0. The van der Waals surface area contributed by atoms with Gasteiger partial charge < -0.3 is 14.5 Å². The van der Waals surface area contributed by atoms with Gasteiger partial charge in [-0.15, -0.1) is 0 Å². The van der Waals surface area contributed by atoms with Crippen LogP contribution in [0.3, 0.4) is 0 Å². The maximum absolute atomic E-state index is 5.84. The number of nitrogens with zero attached hydrogens (tertiary/aromatic N) is 1. The van der Waals surface area contributed by atoms with Gasteiger partial charge in [-0.2, -0.15) is 0 Å². The molecule has 20 heavy (non-hydrogen) atoms. The number of H-pyrrole nitrogens is 1. The van der Waals surface area contributed by atoms with Crippen LogP contribution in [-0.2, 0) is 4.74 Å². The highest BCUT2D eigenvalue weighted by Gasteiger charge is 2.09. The van der Waals surface area contributed by atoms with Crippen LogP contribution in [0.5, 0.6) is 5.75 Å². The molecule has 108 valence electrons. The number of nitrogens with one attached hydrogen (secondary N) is 1. The number of hydrogen-bond acceptors (Lipinski definition) is 3. The van der Waals surface area contributed by atoms with E-state index in [1.54, 1.807) is 0 Å². The second kappa shape index (κ2) is 6.29. The van der Waals surface area contributed by atoms with Crippen molar-refractivity contribution in [3.8, 4) is 5.75 Å². The normalized spacial score (nSPS) is 16.6. The van der Waals surface area contributed by atoms with Crippen molar-refractivity contribution in [1.82, 2.24) is 9.88 Å². The average Bonchev–Trinajstić information content (AvgIpc) is 2.84. The van der Waals surface area contributed by atoms with Gasteiger partial charge in [0.05, 0.1) is 19.8 Å². The lowest BCUT2D eigenvalue weighted by atomic mass is 10.2. The molecule has 4 nitrogen and oxygen atoms in total. The number of benzene rings is 1. The Morgan fingerprint density at radius 2 is 2.10 bits per heavy atom. The second-order valence-corrected chi connectivity index (χ2v) is 5.36. The number of fused-ring (bicyclic) bond motifs is 1. The van der Waals surface area contributed by atoms with Crippen molar-refractivity contribution in [2.75, 3.05) is 39.5 Å². The van der Waals surface area contributed by atoms with Crippen LogP contribution in [0.4, 0.5) is 0 Å². The molecule has 0 atom stereocenters. The Balaban J connectivity index is 1.46. The van der Waals surface area contributed by atoms with Crippen LogP contribution < -0.4 is 4.74 Å². The quantitative estimate of drug-likeness (QED) is 0.852. The highest BCUT2D eigenvalue weighted by molar-refractivity contribution is 5.81. The van der Waals surface area contributed by atoms with E-state index in [0.717, 1.165) is 51.6 Å². The van der Waals surface area contributed by atoms with E-state index >= 15 is 0 Å². The van der Waals surface area contributed by atoms with Crippen molar-refractivity contribution in [1.29, 1.82) is 0 Å². The van der Waals surface area contributed by atoms with Crippen LogP contribution in [0.1, 0.15) is 12.1 Å². The fourth-order valence-electron chi connectivity index (χ4n) is 2.65. The summed E-state index contributed by atoms with van der Waals surface area (Å²) in [6.45, 7) is 7.77. The van der Waals surface area contributed by atoms with Crippen LogP contribution in [0.15, 0.2) is 24.3 Å². The topological polar surface area (TPSA) is 37.5 Å². The van der Waals surface area contributed by atoms with Gasteiger partial charge in [0.25, 0.3) is 0 Å².